The summed E-state index contributed by atoms with van der Waals surface area (Å²) in [4.78, 5) is 0.0443. The summed E-state index contributed by atoms with van der Waals surface area (Å²) in [6.45, 7) is 1.80. The molecule has 0 fully saturated rings. The molecule has 0 aliphatic heterocycles. The standard InChI is InChI=1S/C17H16BrN3O3S/c1-12-10-17(21(19-12)14-6-4-3-5-7-14)20-25(22,23)16-11-13(18)8-9-15(16)24-2/h3-11,20H,1-2H3. The summed E-state index contributed by atoms with van der Waals surface area (Å²) in [5, 5.41) is 4.37. The molecule has 0 unspecified atom stereocenters. The molecule has 0 aliphatic rings. The summed E-state index contributed by atoms with van der Waals surface area (Å²) in [6, 6.07) is 15.8. The number of para-hydroxylation sites is 1. The van der Waals surface area contributed by atoms with E-state index < -0.39 is 10.0 Å². The minimum absolute atomic E-state index is 0.0443. The molecule has 3 aromatic rings. The molecule has 2 aromatic carbocycles. The van der Waals surface area contributed by atoms with Gasteiger partial charge in [0.05, 0.1) is 18.5 Å². The van der Waals surface area contributed by atoms with E-state index in [9.17, 15) is 8.42 Å². The first-order valence-corrected chi connectivity index (χ1v) is 9.67. The van der Waals surface area contributed by atoms with E-state index >= 15 is 0 Å². The second-order valence-electron chi connectivity index (χ2n) is 5.32. The number of benzene rings is 2. The Hall–Kier alpha value is -2.32. The van der Waals surface area contributed by atoms with Gasteiger partial charge in [0.2, 0.25) is 0 Å². The van der Waals surface area contributed by atoms with Crippen LogP contribution in [-0.2, 0) is 10.0 Å². The van der Waals surface area contributed by atoms with Crippen LogP contribution in [0.15, 0.2) is 64.0 Å². The molecule has 1 heterocycles. The highest BCUT2D eigenvalue weighted by Gasteiger charge is 2.22. The number of hydrogen-bond acceptors (Lipinski definition) is 4. The Bertz CT molecular complexity index is 1000. The number of rotatable bonds is 5. The summed E-state index contributed by atoms with van der Waals surface area (Å²) in [5.74, 6) is 0.615. The average Bonchev–Trinajstić information content (AvgIpc) is 2.95. The van der Waals surface area contributed by atoms with E-state index in [-0.39, 0.29) is 10.6 Å². The van der Waals surface area contributed by atoms with E-state index in [1.54, 1.807) is 29.8 Å². The summed E-state index contributed by atoms with van der Waals surface area (Å²) < 4.78 is 35.7. The van der Waals surface area contributed by atoms with Crippen LogP contribution in [0.25, 0.3) is 5.69 Å². The second-order valence-corrected chi connectivity index (χ2v) is 7.89. The number of anilines is 1. The largest absolute Gasteiger partial charge is 0.495 e. The average molecular weight is 422 g/mol. The molecule has 0 atom stereocenters. The van der Waals surface area contributed by atoms with Crippen molar-refractivity contribution in [1.29, 1.82) is 0 Å². The minimum atomic E-state index is -3.86. The minimum Gasteiger partial charge on any atom is -0.495 e. The third kappa shape index (κ3) is 3.69. The Kier molecular flexibility index (Phi) is 4.82. The molecular formula is C17H16BrN3O3S. The quantitative estimate of drug-likeness (QED) is 0.680. The summed E-state index contributed by atoms with van der Waals surface area (Å²) in [5.41, 5.74) is 1.46. The number of aryl methyl sites for hydroxylation is 1. The number of methoxy groups -OCH3 is 1. The SMILES string of the molecule is COc1ccc(Br)cc1S(=O)(=O)Nc1cc(C)nn1-c1ccccc1. The van der Waals surface area contributed by atoms with E-state index in [4.69, 9.17) is 4.74 Å². The zero-order valence-corrected chi connectivity index (χ0v) is 16.0. The maximum Gasteiger partial charge on any atom is 0.266 e. The van der Waals surface area contributed by atoms with Gasteiger partial charge in [-0.15, -0.1) is 0 Å². The van der Waals surface area contributed by atoms with Gasteiger partial charge in [0.25, 0.3) is 10.0 Å². The molecule has 130 valence electrons. The highest BCUT2D eigenvalue weighted by atomic mass is 79.9. The van der Waals surface area contributed by atoms with E-state index in [0.29, 0.717) is 16.0 Å². The van der Waals surface area contributed by atoms with Gasteiger partial charge in [-0.3, -0.25) is 4.72 Å². The molecule has 0 radical (unpaired) electrons. The lowest BCUT2D eigenvalue weighted by Gasteiger charge is -2.13. The van der Waals surface area contributed by atoms with E-state index in [2.05, 4.69) is 25.8 Å². The summed E-state index contributed by atoms with van der Waals surface area (Å²) in [7, 11) is -2.43. The van der Waals surface area contributed by atoms with Crippen LogP contribution >= 0.6 is 15.9 Å². The maximum absolute atomic E-state index is 12.9. The van der Waals surface area contributed by atoms with Gasteiger partial charge in [-0.25, -0.2) is 13.1 Å². The monoisotopic (exact) mass is 421 g/mol. The van der Waals surface area contributed by atoms with Crippen molar-refractivity contribution in [3.8, 4) is 11.4 Å². The lowest BCUT2D eigenvalue weighted by Crippen LogP contribution is -2.16. The fourth-order valence-corrected chi connectivity index (χ4v) is 4.13. The number of nitrogens with one attached hydrogen (secondary N) is 1. The van der Waals surface area contributed by atoms with Gasteiger partial charge in [0.1, 0.15) is 16.5 Å². The van der Waals surface area contributed by atoms with Crippen molar-refractivity contribution in [3.05, 3.63) is 64.8 Å². The molecule has 0 aliphatic carbocycles. The van der Waals surface area contributed by atoms with Crippen molar-refractivity contribution in [2.75, 3.05) is 11.8 Å². The molecule has 1 N–H and O–H groups in total. The number of ether oxygens (including phenoxy) is 1. The molecule has 0 spiro atoms. The van der Waals surface area contributed by atoms with Crippen molar-refractivity contribution >= 4 is 31.8 Å². The van der Waals surface area contributed by atoms with Crippen LogP contribution in [0.3, 0.4) is 0 Å². The van der Waals surface area contributed by atoms with Gasteiger partial charge in [-0.05, 0) is 37.3 Å². The van der Waals surface area contributed by atoms with Crippen molar-refractivity contribution in [3.63, 3.8) is 0 Å². The lowest BCUT2D eigenvalue weighted by atomic mass is 10.3. The lowest BCUT2D eigenvalue weighted by molar-refractivity contribution is 0.403. The van der Waals surface area contributed by atoms with Crippen LogP contribution in [0.2, 0.25) is 0 Å². The number of aromatic nitrogens is 2. The van der Waals surface area contributed by atoms with Crippen molar-refractivity contribution in [2.24, 2.45) is 0 Å². The van der Waals surface area contributed by atoms with Gasteiger partial charge in [-0.2, -0.15) is 5.10 Å². The van der Waals surface area contributed by atoms with E-state index in [1.165, 1.54) is 13.2 Å². The van der Waals surface area contributed by atoms with Crippen LogP contribution in [0, 0.1) is 6.92 Å². The molecule has 6 nitrogen and oxygen atoms in total. The number of hydrogen-bond donors (Lipinski definition) is 1. The van der Waals surface area contributed by atoms with Crippen LogP contribution in [-0.4, -0.2) is 25.3 Å². The van der Waals surface area contributed by atoms with E-state index in [0.717, 1.165) is 5.69 Å². The van der Waals surface area contributed by atoms with Crippen molar-refractivity contribution in [2.45, 2.75) is 11.8 Å². The molecule has 8 heteroatoms. The highest BCUT2D eigenvalue weighted by molar-refractivity contribution is 9.10. The fourth-order valence-electron chi connectivity index (χ4n) is 2.39. The van der Waals surface area contributed by atoms with Crippen LogP contribution in [0.5, 0.6) is 5.75 Å². The number of sulfonamides is 1. The Morgan fingerprint density at radius 3 is 2.52 bits per heavy atom. The summed E-state index contributed by atoms with van der Waals surface area (Å²) >= 11 is 3.29. The van der Waals surface area contributed by atoms with Crippen molar-refractivity contribution in [1.82, 2.24) is 9.78 Å². The Labute approximate surface area is 154 Å². The van der Waals surface area contributed by atoms with Gasteiger partial charge in [-0.1, -0.05) is 34.1 Å². The molecule has 0 bridgehead atoms. The Morgan fingerprint density at radius 1 is 1.12 bits per heavy atom. The molecule has 1 aromatic heterocycles. The smallest absolute Gasteiger partial charge is 0.266 e. The maximum atomic E-state index is 12.9. The molecule has 0 saturated carbocycles. The first-order chi connectivity index (χ1) is 11.9. The van der Waals surface area contributed by atoms with Crippen LogP contribution in [0.1, 0.15) is 5.69 Å². The molecular weight excluding hydrogens is 406 g/mol. The third-order valence-corrected chi connectivity index (χ3v) is 5.36. The van der Waals surface area contributed by atoms with Gasteiger partial charge >= 0.3 is 0 Å². The van der Waals surface area contributed by atoms with Gasteiger partial charge in [0, 0.05) is 10.5 Å². The molecule has 0 amide bonds. The summed E-state index contributed by atoms with van der Waals surface area (Å²) in [6.07, 6.45) is 0. The van der Waals surface area contributed by atoms with Crippen LogP contribution < -0.4 is 9.46 Å². The first-order valence-electron chi connectivity index (χ1n) is 7.39. The third-order valence-electron chi connectivity index (χ3n) is 3.49. The fraction of sp³-hybridized carbons (Fsp3) is 0.118. The van der Waals surface area contributed by atoms with Crippen LogP contribution in [0.4, 0.5) is 5.82 Å². The second kappa shape index (κ2) is 6.89. The highest BCUT2D eigenvalue weighted by Crippen LogP contribution is 2.29. The zero-order valence-electron chi connectivity index (χ0n) is 13.6. The predicted octanol–water partition coefficient (Wildman–Crippen LogP) is 3.75. The molecule has 25 heavy (non-hydrogen) atoms. The van der Waals surface area contributed by atoms with Gasteiger partial charge < -0.3 is 4.74 Å². The number of nitrogens with zero attached hydrogens (tertiary/aromatic N) is 2. The van der Waals surface area contributed by atoms with E-state index in [1.807, 2.05) is 30.3 Å². The molecule has 0 saturated heterocycles. The number of halogens is 1. The van der Waals surface area contributed by atoms with Crippen molar-refractivity contribution < 1.29 is 13.2 Å². The first kappa shape index (κ1) is 17.5. The molecule has 3 rings (SSSR count). The Morgan fingerprint density at radius 2 is 1.84 bits per heavy atom. The zero-order chi connectivity index (χ0) is 18.0. The predicted molar refractivity (Wildman–Crippen MR) is 99.8 cm³/mol. The Balaban J connectivity index is 2.05. The normalized spacial score (nSPS) is 11.3. The topological polar surface area (TPSA) is 73.2 Å². The van der Waals surface area contributed by atoms with Gasteiger partial charge in [0.15, 0.2) is 0 Å².